The summed E-state index contributed by atoms with van der Waals surface area (Å²) in [6.07, 6.45) is 3.54. The highest BCUT2D eigenvalue weighted by molar-refractivity contribution is 8.01. The SMILES string of the molecule is Cc1ccc(-c2cccc(F)c2F)cc1N1C(=O)NC2c3c1ccnc3S[C@H]2C(=O)NC1CCCNC1. The van der Waals surface area contributed by atoms with Crippen molar-refractivity contribution in [1.29, 1.82) is 0 Å². The molecule has 0 radical (unpaired) electrons. The van der Waals surface area contributed by atoms with Crippen LogP contribution in [-0.4, -0.2) is 41.3 Å². The number of thioether (sulfide) groups is 1. The molecule has 3 atom stereocenters. The highest BCUT2D eigenvalue weighted by Crippen LogP contribution is 2.51. The van der Waals surface area contributed by atoms with Crippen LogP contribution in [0.5, 0.6) is 0 Å². The first-order chi connectivity index (χ1) is 17.9. The van der Waals surface area contributed by atoms with Crippen molar-refractivity contribution < 1.29 is 18.4 Å². The summed E-state index contributed by atoms with van der Waals surface area (Å²) in [6, 6.07) is 10.1. The minimum atomic E-state index is -0.941. The molecular formula is C27H25F2N5O2S. The fourth-order valence-corrected chi connectivity index (χ4v) is 6.50. The van der Waals surface area contributed by atoms with Crippen LogP contribution in [0.4, 0.5) is 25.0 Å². The summed E-state index contributed by atoms with van der Waals surface area (Å²) >= 11 is 1.35. The number of anilines is 2. The Morgan fingerprint density at radius 1 is 1.19 bits per heavy atom. The van der Waals surface area contributed by atoms with Crippen molar-refractivity contribution in [2.75, 3.05) is 18.0 Å². The maximum absolute atomic E-state index is 14.6. The van der Waals surface area contributed by atoms with Crippen LogP contribution in [-0.2, 0) is 4.79 Å². The number of piperidine rings is 1. The number of carbonyl (C=O) groups excluding carboxylic acids is 2. The topological polar surface area (TPSA) is 86.4 Å². The zero-order valence-electron chi connectivity index (χ0n) is 20.1. The zero-order valence-corrected chi connectivity index (χ0v) is 20.9. The second-order valence-corrected chi connectivity index (χ2v) is 10.6. The number of carbonyl (C=O) groups is 2. The van der Waals surface area contributed by atoms with E-state index in [4.69, 9.17) is 0 Å². The highest BCUT2D eigenvalue weighted by atomic mass is 32.2. The summed E-state index contributed by atoms with van der Waals surface area (Å²) in [5, 5.41) is 9.59. The van der Waals surface area contributed by atoms with Gasteiger partial charge in [0.2, 0.25) is 5.91 Å². The molecule has 10 heteroatoms. The molecule has 1 fully saturated rings. The van der Waals surface area contributed by atoms with E-state index >= 15 is 0 Å². The van der Waals surface area contributed by atoms with Gasteiger partial charge in [0.25, 0.3) is 0 Å². The number of nitrogens with one attached hydrogen (secondary N) is 3. The molecule has 1 aromatic heterocycles. The van der Waals surface area contributed by atoms with Crippen LogP contribution in [0.15, 0.2) is 53.7 Å². The second-order valence-electron chi connectivity index (χ2n) is 9.50. The lowest BCUT2D eigenvalue weighted by atomic mass is 9.97. The lowest BCUT2D eigenvalue weighted by molar-refractivity contribution is -0.121. The average Bonchev–Trinajstić information content (AvgIpc) is 3.27. The Labute approximate surface area is 217 Å². The molecule has 7 nitrogen and oxygen atoms in total. The number of hydrogen-bond acceptors (Lipinski definition) is 5. The number of hydrogen-bond donors (Lipinski definition) is 3. The molecule has 3 amide bonds. The fourth-order valence-electron chi connectivity index (χ4n) is 5.27. The van der Waals surface area contributed by atoms with Gasteiger partial charge >= 0.3 is 6.03 Å². The molecule has 2 unspecified atom stereocenters. The summed E-state index contributed by atoms with van der Waals surface area (Å²) in [5.41, 5.74) is 3.30. The third kappa shape index (κ3) is 4.14. The summed E-state index contributed by atoms with van der Waals surface area (Å²) < 4.78 is 28.5. The van der Waals surface area contributed by atoms with Gasteiger partial charge in [-0.1, -0.05) is 36.0 Å². The smallest absolute Gasteiger partial charge is 0.327 e. The van der Waals surface area contributed by atoms with Crippen LogP contribution < -0.4 is 20.9 Å². The number of halogens is 2. The van der Waals surface area contributed by atoms with Crippen molar-refractivity contribution in [2.45, 2.75) is 42.1 Å². The zero-order chi connectivity index (χ0) is 25.7. The third-order valence-corrected chi connectivity index (χ3v) is 8.41. The van der Waals surface area contributed by atoms with Gasteiger partial charge in [-0.2, -0.15) is 0 Å². The van der Waals surface area contributed by atoms with Gasteiger partial charge in [0.1, 0.15) is 10.3 Å². The largest absolute Gasteiger partial charge is 0.351 e. The summed E-state index contributed by atoms with van der Waals surface area (Å²) in [7, 11) is 0. The lowest BCUT2D eigenvalue weighted by Gasteiger charge is -2.35. The van der Waals surface area contributed by atoms with Gasteiger partial charge in [0, 0.05) is 29.9 Å². The van der Waals surface area contributed by atoms with E-state index in [2.05, 4.69) is 20.9 Å². The van der Waals surface area contributed by atoms with E-state index in [1.807, 2.05) is 6.92 Å². The van der Waals surface area contributed by atoms with E-state index in [0.29, 0.717) is 22.0 Å². The van der Waals surface area contributed by atoms with Gasteiger partial charge in [-0.25, -0.2) is 18.6 Å². The van der Waals surface area contributed by atoms with Crippen LogP contribution in [0.3, 0.4) is 0 Å². The molecule has 0 saturated carbocycles. The number of nitrogens with zero attached hydrogens (tertiary/aromatic N) is 2. The van der Waals surface area contributed by atoms with Gasteiger partial charge in [0.05, 0.1) is 17.4 Å². The Hall–Kier alpha value is -3.50. The molecule has 3 aromatic rings. The number of urea groups is 1. The number of aromatic nitrogens is 1. The Morgan fingerprint density at radius 3 is 2.86 bits per heavy atom. The second kappa shape index (κ2) is 9.42. The van der Waals surface area contributed by atoms with E-state index in [9.17, 15) is 18.4 Å². The predicted octanol–water partition coefficient (Wildman–Crippen LogP) is 4.58. The number of benzene rings is 2. The van der Waals surface area contributed by atoms with Gasteiger partial charge in [-0.3, -0.25) is 9.69 Å². The number of rotatable bonds is 4. The van der Waals surface area contributed by atoms with Crippen LogP contribution in [0, 0.1) is 18.6 Å². The average molecular weight is 522 g/mol. The molecule has 2 aromatic carbocycles. The van der Waals surface area contributed by atoms with Crippen molar-refractivity contribution in [2.24, 2.45) is 0 Å². The predicted molar refractivity (Wildman–Crippen MR) is 138 cm³/mol. The molecule has 1 saturated heterocycles. The molecule has 0 aliphatic carbocycles. The Bertz CT molecular complexity index is 1410. The molecule has 4 heterocycles. The van der Waals surface area contributed by atoms with Crippen molar-refractivity contribution in [3.05, 3.63) is 71.4 Å². The van der Waals surface area contributed by atoms with Crippen LogP contribution >= 0.6 is 11.8 Å². The summed E-state index contributed by atoms with van der Waals surface area (Å²) in [5.74, 6) is -2.00. The van der Waals surface area contributed by atoms with E-state index in [1.54, 1.807) is 30.5 Å². The Balaban J connectivity index is 1.36. The number of pyridine rings is 1. The molecule has 190 valence electrons. The molecule has 0 spiro atoms. The van der Waals surface area contributed by atoms with E-state index in [1.165, 1.54) is 28.8 Å². The van der Waals surface area contributed by atoms with Gasteiger partial charge in [-0.15, -0.1) is 0 Å². The summed E-state index contributed by atoms with van der Waals surface area (Å²) in [6.45, 7) is 3.53. The van der Waals surface area contributed by atoms with Gasteiger partial charge in [-0.05, 0) is 55.6 Å². The quantitative estimate of drug-likeness (QED) is 0.468. The molecule has 37 heavy (non-hydrogen) atoms. The first-order valence-corrected chi connectivity index (χ1v) is 13.1. The van der Waals surface area contributed by atoms with E-state index in [-0.39, 0.29) is 17.5 Å². The number of aryl methyl sites for hydroxylation is 1. The maximum atomic E-state index is 14.6. The van der Waals surface area contributed by atoms with Gasteiger partial charge in [0.15, 0.2) is 11.6 Å². The first-order valence-electron chi connectivity index (χ1n) is 12.2. The minimum Gasteiger partial charge on any atom is -0.351 e. The maximum Gasteiger partial charge on any atom is 0.327 e. The standard InChI is InChI=1S/C27H25F2N5O2S/c1-14-7-8-15(17-5-2-6-18(28)22(17)29)12-20(14)34-19-9-11-31-26-21(19)23(33-27(34)36)24(37-26)25(35)32-16-4-3-10-30-13-16/h2,5-9,11-12,16,23-24,30H,3-4,10,13H2,1H3,(H,32,35)(H,33,36)/t16?,23?,24-/m1/s1. The van der Waals surface area contributed by atoms with Crippen molar-refractivity contribution >= 4 is 35.1 Å². The van der Waals surface area contributed by atoms with E-state index < -0.39 is 29.0 Å². The third-order valence-electron chi connectivity index (χ3n) is 7.12. The molecule has 3 aliphatic rings. The number of amides is 3. The Kier molecular flexibility index (Phi) is 6.08. The van der Waals surface area contributed by atoms with Crippen molar-refractivity contribution in [3.63, 3.8) is 0 Å². The Morgan fingerprint density at radius 2 is 2.05 bits per heavy atom. The van der Waals surface area contributed by atoms with E-state index in [0.717, 1.165) is 43.1 Å². The molecule has 0 bridgehead atoms. The molecule has 3 N–H and O–H groups in total. The van der Waals surface area contributed by atoms with Crippen molar-refractivity contribution in [1.82, 2.24) is 20.9 Å². The molecular weight excluding hydrogens is 496 g/mol. The monoisotopic (exact) mass is 521 g/mol. The van der Waals surface area contributed by atoms with Gasteiger partial charge < -0.3 is 16.0 Å². The molecule has 6 rings (SSSR count). The van der Waals surface area contributed by atoms with Crippen LogP contribution in [0.2, 0.25) is 0 Å². The first kappa shape index (κ1) is 23.9. The highest BCUT2D eigenvalue weighted by Gasteiger charge is 2.47. The van der Waals surface area contributed by atoms with Crippen LogP contribution in [0.25, 0.3) is 11.1 Å². The normalized spacial score (nSPS) is 22.4. The summed E-state index contributed by atoms with van der Waals surface area (Å²) in [4.78, 5) is 32.8. The lowest BCUT2D eigenvalue weighted by Crippen LogP contribution is -2.52. The van der Waals surface area contributed by atoms with Crippen molar-refractivity contribution in [3.8, 4) is 11.1 Å². The van der Waals surface area contributed by atoms with Crippen LogP contribution in [0.1, 0.15) is 30.0 Å². The fraction of sp³-hybridized carbons (Fsp3) is 0.296. The minimum absolute atomic E-state index is 0.0578. The molecule has 3 aliphatic heterocycles.